The average molecular weight is 333 g/mol. The molecule has 0 aliphatic carbocycles. The Labute approximate surface area is 136 Å². The van der Waals surface area contributed by atoms with E-state index in [0.29, 0.717) is 24.7 Å². The Morgan fingerprint density at radius 2 is 2.12 bits per heavy atom. The lowest BCUT2D eigenvalue weighted by atomic mass is 10.1. The minimum Gasteiger partial charge on any atom is -0.486 e. The van der Waals surface area contributed by atoms with Crippen molar-refractivity contribution in [1.82, 2.24) is 9.78 Å². The molecule has 0 unspecified atom stereocenters. The highest BCUT2D eigenvalue weighted by Gasteiger charge is 2.19. The second-order valence-electron chi connectivity index (χ2n) is 5.16. The molecule has 0 radical (unpaired) electrons. The molecule has 1 aromatic heterocycles. The van der Waals surface area contributed by atoms with Crippen LogP contribution in [-0.2, 0) is 16.1 Å². The third kappa shape index (κ3) is 3.45. The number of hydrogen-bond donors (Lipinski definition) is 0. The number of rotatable bonds is 5. The van der Waals surface area contributed by atoms with Crippen molar-refractivity contribution in [2.24, 2.45) is 0 Å². The maximum atomic E-state index is 12.0. The number of carbonyl (C=O) groups excluding carboxylic acids is 1. The molecule has 0 saturated heterocycles. The van der Waals surface area contributed by atoms with Crippen molar-refractivity contribution in [1.29, 1.82) is 0 Å². The summed E-state index contributed by atoms with van der Waals surface area (Å²) in [4.78, 5) is 21.9. The number of benzene rings is 1. The van der Waals surface area contributed by atoms with Gasteiger partial charge in [-0.2, -0.15) is 4.68 Å². The van der Waals surface area contributed by atoms with Crippen molar-refractivity contribution < 1.29 is 23.9 Å². The van der Waals surface area contributed by atoms with Crippen LogP contribution in [-0.4, -0.2) is 33.9 Å². The van der Waals surface area contributed by atoms with Crippen LogP contribution in [0.1, 0.15) is 18.6 Å². The van der Waals surface area contributed by atoms with Gasteiger partial charge in [-0.1, -0.05) is 6.07 Å². The van der Waals surface area contributed by atoms with Crippen molar-refractivity contribution in [3.05, 3.63) is 46.1 Å². The van der Waals surface area contributed by atoms with E-state index in [0.717, 1.165) is 10.2 Å². The lowest BCUT2D eigenvalue weighted by Crippen LogP contribution is -2.17. The van der Waals surface area contributed by atoms with E-state index in [9.17, 15) is 14.9 Å². The summed E-state index contributed by atoms with van der Waals surface area (Å²) in [6.07, 6.45) is 0.854. The van der Waals surface area contributed by atoms with E-state index in [1.807, 2.05) is 0 Å². The van der Waals surface area contributed by atoms with E-state index in [1.165, 1.54) is 12.3 Å². The Morgan fingerprint density at radius 1 is 1.38 bits per heavy atom. The van der Waals surface area contributed by atoms with Crippen LogP contribution in [0.25, 0.3) is 0 Å². The van der Waals surface area contributed by atoms with Gasteiger partial charge in [0.2, 0.25) is 0 Å². The first kappa shape index (κ1) is 15.8. The second-order valence-corrected chi connectivity index (χ2v) is 5.16. The third-order valence-corrected chi connectivity index (χ3v) is 3.45. The van der Waals surface area contributed by atoms with Crippen LogP contribution in [0, 0.1) is 10.1 Å². The number of hydrogen-bond acceptors (Lipinski definition) is 7. The van der Waals surface area contributed by atoms with Gasteiger partial charge in [-0.25, -0.2) is 4.79 Å². The molecule has 0 fully saturated rings. The molecule has 0 saturated carbocycles. The average Bonchev–Trinajstić information content (AvgIpc) is 3.03. The third-order valence-electron chi connectivity index (χ3n) is 3.45. The Hall–Kier alpha value is -3.10. The molecule has 1 atom stereocenters. The Kier molecular flexibility index (Phi) is 4.32. The summed E-state index contributed by atoms with van der Waals surface area (Å²) < 4.78 is 17.4. The van der Waals surface area contributed by atoms with E-state index in [1.54, 1.807) is 25.1 Å². The van der Waals surface area contributed by atoms with Gasteiger partial charge in [0.15, 0.2) is 18.0 Å². The van der Waals surface area contributed by atoms with Crippen LogP contribution in [0.4, 0.5) is 5.82 Å². The summed E-state index contributed by atoms with van der Waals surface area (Å²) >= 11 is 0. The van der Waals surface area contributed by atoms with E-state index in [-0.39, 0.29) is 12.4 Å². The monoisotopic (exact) mass is 333 g/mol. The van der Waals surface area contributed by atoms with Gasteiger partial charge in [0.25, 0.3) is 0 Å². The summed E-state index contributed by atoms with van der Waals surface area (Å²) in [5, 5.41) is 14.2. The van der Waals surface area contributed by atoms with Crippen LogP contribution < -0.4 is 9.47 Å². The minimum atomic E-state index is -0.625. The van der Waals surface area contributed by atoms with Crippen LogP contribution in [0.15, 0.2) is 30.5 Å². The first-order valence-corrected chi connectivity index (χ1v) is 7.30. The molecule has 1 aliphatic rings. The highest BCUT2D eigenvalue weighted by molar-refractivity contribution is 5.69. The normalized spacial score (nSPS) is 14.0. The summed E-state index contributed by atoms with van der Waals surface area (Å²) in [7, 11) is 0. The highest BCUT2D eigenvalue weighted by Crippen LogP contribution is 2.33. The second kappa shape index (κ2) is 6.57. The van der Waals surface area contributed by atoms with Gasteiger partial charge in [0.1, 0.15) is 19.3 Å². The number of ether oxygens (including phenoxy) is 3. The number of carbonyl (C=O) groups is 1. The first-order chi connectivity index (χ1) is 11.5. The summed E-state index contributed by atoms with van der Waals surface area (Å²) in [5.74, 6) is 0.412. The van der Waals surface area contributed by atoms with Crippen molar-refractivity contribution in [2.45, 2.75) is 19.6 Å². The molecule has 0 spiro atoms. The fourth-order valence-electron chi connectivity index (χ4n) is 2.28. The van der Waals surface area contributed by atoms with Gasteiger partial charge in [0, 0.05) is 0 Å². The summed E-state index contributed by atoms with van der Waals surface area (Å²) in [6, 6.07) is 6.55. The number of aromatic nitrogens is 2. The molecular weight excluding hydrogens is 318 g/mol. The maximum Gasteiger partial charge on any atom is 0.389 e. The van der Waals surface area contributed by atoms with Gasteiger partial charge in [-0.3, -0.25) is 0 Å². The molecule has 2 aromatic rings. The quantitative estimate of drug-likeness (QED) is 0.467. The van der Waals surface area contributed by atoms with Gasteiger partial charge in [-0.05, 0) is 29.5 Å². The number of esters is 1. The lowest BCUT2D eigenvalue weighted by Gasteiger charge is -2.20. The molecule has 24 heavy (non-hydrogen) atoms. The predicted molar refractivity (Wildman–Crippen MR) is 80.8 cm³/mol. The molecule has 1 aliphatic heterocycles. The Morgan fingerprint density at radius 3 is 2.83 bits per heavy atom. The van der Waals surface area contributed by atoms with Gasteiger partial charge in [-0.15, -0.1) is 0 Å². The molecular formula is C15H15N3O6. The zero-order valence-electron chi connectivity index (χ0n) is 12.9. The molecule has 0 bridgehead atoms. The zero-order chi connectivity index (χ0) is 17.1. The smallest absolute Gasteiger partial charge is 0.389 e. The largest absolute Gasteiger partial charge is 0.486 e. The highest BCUT2D eigenvalue weighted by atomic mass is 16.6. The lowest BCUT2D eigenvalue weighted by molar-refractivity contribution is -0.389. The maximum absolute atomic E-state index is 12.0. The van der Waals surface area contributed by atoms with Crippen LogP contribution in [0.5, 0.6) is 11.5 Å². The number of nitro groups is 1. The molecule has 2 heterocycles. The summed E-state index contributed by atoms with van der Waals surface area (Å²) in [5.41, 5.74) is 0.763. The zero-order valence-corrected chi connectivity index (χ0v) is 12.9. The first-order valence-electron chi connectivity index (χ1n) is 7.30. The standard InChI is InChI=1S/C15H15N3O6/c1-10(11-2-3-12-13(8-11)23-7-6-22-12)24-15(19)9-17-5-4-14(16-17)18(20)21/h2-5,8,10H,6-7,9H2,1H3/t10-/m1/s1. The summed E-state index contributed by atoms with van der Waals surface area (Å²) in [6.45, 7) is 2.51. The van der Waals surface area contributed by atoms with E-state index in [4.69, 9.17) is 14.2 Å². The molecule has 0 amide bonds. The van der Waals surface area contributed by atoms with Crippen molar-refractivity contribution in [3.63, 3.8) is 0 Å². The van der Waals surface area contributed by atoms with Crippen molar-refractivity contribution in [2.75, 3.05) is 13.2 Å². The van der Waals surface area contributed by atoms with E-state index < -0.39 is 17.0 Å². The Bertz CT molecular complexity index is 772. The van der Waals surface area contributed by atoms with Crippen LogP contribution in [0.3, 0.4) is 0 Å². The van der Waals surface area contributed by atoms with Crippen LogP contribution in [0.2, 0.25) is 0 Å². The molecule has 1 aromatic carbocycles. The van der Waals surface area contributed by atoms with Crippen molar-refractivity contribution >= 4 is 11.8 Å². The SMILES string of the molecule is C[C@@H](OC(=O)Cn1ccc([N+](=O)[O-])n1)c1ccc2c(c1)OCCO2. The fraction of sp³-hybridized carbons (Fsp3) is 0.333. The number of nitrogens with zero attached hydrogens (tertiary/aromatic N) is 3. The van der Waals surface area contributed by atoms with E-state index >= 15 is 0 Å². The molecule has 9 heteroatoms. The number of fused-ring (bicyclic) bond motifs is 1. The predicted octanol–water partition coefficient (Wildman–Crippen LogP) is 1.87. The molecule has 3 rings (SSSR count). The van der Waals surface area contributed by atoms with Gasteiger partial charge in [0.05, 0.1) is 17.4 Å². The van der Waals surface area contributed by atoms with E-state index in [2.05, 4.69) is 5.10 Å². The van der Waals surface area contributed by atoms with Crippen LogP contribution >= 0.6 is 0 Å². The van der Waals surface area contributed by atoms with Gasteiger partial charge >= 0.3 is 11.8 Å². The topological polar surface area (TPSA) is 106 Å². The molecule has 126 valence electrons. The molecule has 0 N–H and O–H groups in total. The molecule has 9 nitrogen and oxygen atoms in total. The minimum absolute atomic E-state index is 0.206. The Balaban J connectivity index is 1.62. The fourth-order valence-corrected chi connectivity index (χ4v) is 2.28. The van der Waals surface area contributed by atoms with Gasteiger partial charge < -0.3 is 24.3 Å². The van der Waals surface area contributed by atoms with Crippen molar-refractivity contribution in [3.8, 4) is 11.5 Å².